The van der Waals surface area contributed by atoms with Gasteiger partial charge in [0.1, 0.15) is 0 Å². The van der Waals surface area contributed by atoms with Crippen LogP contribution in [0.15, 0.2) is 42.5 Å². The Morgan fingerprint density at radius 1 is 1.17 bits per heavy atom. The van der Waals surface area contributed by atoms with Crippen LogP contribution < -0.4 is 10.1 Å². The Labute approximate surface area is 169 Å². The summed E-state index contributed by atoms with van der Waals surface area (Å²) in [5, 5.41) is 2.93. The summed E-state index contributed by atoms with van der Waals surface area (Å²) in [5.74, 6) is -1.78. The van der Waals surface area contributed by atoms with Gasteiger partial charge in [-0.3, -0.25) is 4.79 Å². The summed E-state index contributed by atoms with van der Waals surface area (Å²) in [6.45, 7) is 0.885. The Kier molecular flexibility index (Phi) is 5.11. The first-order valence-corrected chi connectivity index (χ1v) is 9.90. The van der Waals surface area contributed by atoms with E-state index in [1.54, 1.807) is 19.2 Å². The molecule has 1 saturated carbocycles. The molecule has 2 aromatic rings. The van der Waals surface area contributed by atoms with Crippen LogP contribution >= 0.6 is 0 Å². The van der Waals surface area contributed by atoms with Crippen LogP contribution in [0.4, 0.5) is 8.78 Å². The molecule has 4 nitrogen and oxygen atoms in total. The summed E-state index contributed by atoms with van der Waals surface area (Å²) in [5.41, 5.74) is 3.33. The highest BCUT2D eigenvalue weighted by atomic mass is 19.3. The first kappa shape index (κ1) is 19.6. The average molecular weight is 398 g/mol. The molecule has 1 atom stereocenters. The monoisotopic (exact) mass is 398 g/mol. The van der Waals surface area contributed by atoms with Crippen LogP contribution in [0, 0.1) is 0 Å². The molecular weight excluding hydrogens is 374 g/mol. The van der Waals surface area contributed by atoms with Gasteiger partial charge in [-0.15, -0.1) is 0 Å². The fourth-order valence-corrected chi connectivity index (χ4v) is 3.71. The second kappa shape index (κ2) is 7.58. The molecular formula is C23H24F2N2O2. The van der Waals surface area contributed by atoms with E-state index in [-0.39, 0.29) is 17.5 Å². The number of halogens is 2. The normalized spacial score (nSPS) is 19.9. The first-order valence-electron chi connectivity index (χ1n) is 9.90. The fourth-order valence-electron chi connectivity index (χ4n) is 3.71. The Morgan fingerprint density at radius 2 is 1.90 bits per heavy atom. The van der Waals surface area contributed by atoms with E-state index < -0.39 is 5.92 Å². The van der Waals surface area contributed by atoms with Gasteiger partial charge in [-0.1, -0.05) is 36.4 Å². The van der Waals surface area contributed by atoms with Crippen molar-refractivity contribution in [1.82, 2.24) is 10.3 Å². The molecule has 1 amide bonds. The number of alkyl halides is 2. The number of hydrogen-bond acceptors (Lipinski definition) is 3. The summed E-state index contributed by atoms with van der Waals surface area (Å²) < 4.78 is 32.7. The lowest BCUT2D eigenvalue weighted by molar-refractivity contribution is -0.119. The molecule has 1 aromatic carbocycles. The largest absolute Gasteiger partial charge is 0.481 e. The average Bonchev–Trinajstić information content (AvgIpc) is 3.46. The number of rotatable bonds is 6. The Bertz CT molecular complexity index is 944. The minimum atomic E-state index is -2.89. The van der Waals surface area contributed by atoms with Crippen molar-refractivity contribution in [2.24, 2.45) is 0 Å². The van der Waals surface area contributed by atoms with E-state index in [2.05, 4.69) is 5.32 Å². The van der Waals surface area contributed by atoms with Gasteiger partial charge in [0.2, 0.25) is 11.8 Å². The molecule has 2 aliphatic rings. The first-order chi connectivity index (χ1) is 13.8. The number of carbonyl (C=O) groups excluding carboxylic acids is 1. The standard InChI is InChI=1S/C23H24F2N2O2/c1-23(24,25)16-7-5-15(6-8-16)19(13-17-9-12-21(28)26-17)20-11-10-18(14-3-4-14)22(27-20)29-2/h5-8,10-11,13-14,17H,3-4,9,12H2,1-2H3,(H,26,28)/b19-13+/t17-/m1/s1. The molecule has 1 aliphatic carbocycles. The molecule has 1 N–H and O–H groups in total. The van der Waals surface area contributed by atoms with Gasteiger partial charge in [0.25, 0.3) is 5.92 Å². The molecule has 0 bridgehead atoms. The van der Waals surface area contributed by atoms with Crippen LogP contribution in [0.25, 0.3) is 5.57 Å². The molecule has 4 rings (SSSR count). The molecule has 152 valence electrons. The predicted octanol–water partition coefficient (Wildman–Crippen LogP) is 4.79. The van der Waals surface area contributed by atoms with Crippen LogP contribution in [0.5, 0.6) is 5.88 Å². The lowest BCUT2D eigenvalue weighted by atomic mass is 9.96. The van der Waals surface area contributed by atoms with Crippen LogP contribution in [-0.2, 0) is 10.7 Å². The zero-order valence-electron chi connectivity index (χ0n) is 16.5. The second-order valence-corrected chi connectivity index (χ2v) is 7.83. The van der Waals surface area contributed by atoms with E-state index >= 15 is 0 Å². The minimum Gasteiger partial charge on any atom is -0.481 e. The highest BCUT2D eigenvalue weighted by Crippen LogP contribution is 2.44. The molecule has 0 unspecified atom stereocenters. The van der Waals surface area contributed by atoms with Gasteiger partial charge < -0.3 is 10.1 Å². The number of aromatic nitrogens is 1. The van der Waals surface area contributed by atoms with Crippen LogP contribution in [0.2, 0.25) is 0 Å². The number of hydrogen-bond donors (Lipinski definition) is 1. The maximum absolute atomic E-state index is 13.6. The van der Waals surface area contributed by atoms with Crippen molar-refractivity contribution in [2.45, 2.75) is 50.5 Å². The zero-order chi connectivity index (χ0) is 20.6. The molecule has 6 heteroatoms. The maximum Gasteiger partial charge on any atom is 0.270 e. The van der Waals surface area contributed by atoms with Crippen molar-refractivity contribution in [3.8, 4) is 5.88 Å². The number of methoxy groups -OCH3 is 1. The highest BCUT2D eigenvalue weighted by Gasteiger charge is 2.29. The number of nitrogens with one attached hydrogen (secondary N) is 1. The van der Waals surface area contributed by atoms with E-state index in [1.807, 2.05) is 18.2 Å². The molecule has 1 aliphatic heterocycles. The van der Waals surface area contributed by atoms with Gasteiger partial charge in [-0.2, -0.15) is 0 Å². The van der Waals surface area contributed by atoms with Crippen molar-refractivity contribution < 1.29 is 18.3 Å². The van der Waals surface area contributed by atoms with E-state index in [9.17, 15) is 13.6 Å². The third-order valence-corrected chi connectivity index (χ3v) is 5.48. The Morgan fingerprint density at radius 3 is 2.45 bits per heavy atom. The van der Waals surface area contributed by atoms with Gasteiger partial charge in [-0.25, -0.2) is 13.8 Å². The number of ether oxygens (including phenoxy) is 1. The summed E-state index contributed by atoms with van der Waals surface area (Å²) in [6.07, 6.45) is 5.42. The van der Waals surface area contributed by atoms with Gasteiger partial charge >= 0.3 is 0 Å². The SMILES string of the molecule is COc1nc(/C(=C/[C@H]2CCC(=O)N2)c2ccc(C(C)(F)F)cc2)ccc1C1CC1. The molecule has 1 aromatic heterocycles. The summed E-state index contributed by atoms with van der Waals surface area (Å²) >= 11 is 0. The van der Waals surface area contributed by atoms with Crippen molar-refractivity contribution in [2.75, 3.05) is 7.11 Å². The van der Waals surface area contributed by atoms with Gasteiger partial charge in [0.15, 0.2) is 0 Å². The number of pyridine rings is 1. The van der Waals surface area contributed by atoms with Crippen LogP contribution in [-0.4, -0.2) is 24.0 Å². The van der Waals surface area contributed by atoms with Gasteiger partial charge in [0.05, 0.1) is 12.8 Å². The van der Waals surface area contributed by atoms with E-state index in [1.165, 1.54) is 12.1 Å². The minimum absolute atomic E-state index is 0.0150. The van der Waals surface area contributed by atoms with Crippen molar-refractivity contribution >= 4 is 11.5 Å². The molecule has 29 heavy (non-hydrogen) atoms. The smallest absolute Gasteiger partial charge is 0.270 e. The third kappa shape index (κ3) is 4.31. The number of amides is 1. The van der Waals surface area contributed by atoms with E-state index in [0.29, 0.717) is 30.3 Å². The fraction of sp³-hybridized carbons (Fsp3) is 0.391. The lowest BCUT2D eigenvalue weighted by Gasteiger charge is -2.16. The van der Waals surface area contributed by atoms with Gasteiger partial charge in [0, 0.05) is 36.1 Å². The van der Waals surface area contributed by atoms with Crippen LogP contribution in [0.1, 0.15) is 60.9 Å². The Hall–Kier alpha value is -2.76. The van der Waals surface area contributed by atoms with Gasteiger partial charge in [-0.05, 0) is 36.8 Å². The second-order valence-electron chi connectivity index (χ2n) is 7.83. The third-order valence-electron chi connectivity index (χ3n) is 5.48. The van der Waals surface area contributed by atoms with Crippen molar-refractivity contribution in [3.63, 3.8) is 0 Å². The van der Waals surface area contributed by atoms with Crippen molar-refractivity contribution in [1.29, 1.82) is 0 Å². The topological polar surface area (TPSA) is 51.2 Å². The summed E-state index contributed by atoms with van der Waals surface area (Å²) in [4.78, 5) is 16.3. The molecule has 0 spiro atoms. The molecule has 0 radical (unpaired) electrons. The summed E-state index contributed by atoms with van der Waals surface area (Å²) in [6, 6.07) is 10.1. The number of carbonyl (C=O) groups is 1. The van der Waals surface area contributed by atoms with Crippen molar-refractivity contribution in [3.05, 3.63) is 64.9 Å². The van der Waals surface area contributed by atoms with E-state index in [4.69, 9.17) is 9.72 Å². The number of nitrogens with zero attached hydrogens (tertiary/aromatic N) is 1. The predicted molar refractivity (Wildman–Crippen MR) is 107 cm³/mol. The summed E-state index contributed by atoms with van der Waals surface area (Å²) in [7, 11) is 1.61. The molecule has 2 fully saturated rings. The maximum atomic E-state index is 13.6. The molecule has 1 saturated heterocycles. The van der Waals surface area contributed by atoms with Crippen LogP contribution in [0.3, 0.4) is 0 Å². The van der Waals surface area contributed by atoms with E-state index in [0.717, 1.165) is 36.5 Å². The Balaban J connectivity index is 1.74. The quantitative estimate of drug-likeness (QED) is 0.761. The zero-order valence-corrected chi connectivity index (χ0v) is 16.5. The lowest BCUT2D eigenvalue weighted by Crippen LogP contribution is -2.23. The highest BCUT2D eigenvalue weighted by molar-refractivity contribution is 5.82. The number of benzene rings is 1. The molecule has 2 heterocycles.